The van der Waals surface area contributed by atoms with E-state index in [0.29, 0.717) is 0 Å². The maximum atomic E-state index is 2.30. The SMILES string of the molecule is CN(C)c1cc[n+](Cc2ccccc2)c(-c2ccccc2)c1. The molecule has 1 heterocycles. The van der Waals surface area contributed by atoms with E-state index in [-0.39, 0.29) is 0 Å². The Balaban J connectivity index is 2.05. The van der Waals surface area contributed by atoms with Crippen molar-refractivity contribution in [1.29, 1.82) is 0 Å². The molecule has 0 saturated heterocycles. The highest BCUT2D eigenvalue weighted by molar-refractivity contribution is 5.61. The van der Waals surface area contributed by atoms with E-state index in [1.165, 1.54) is 22.5 Å². The average Bonchev–Trinajstić information content (AvgIpc) is 2.57. The predicted octanol–water partition coefficient (Wildman–Crippen LogP) is 3.76. The zero-order valence-corrected chi connectivity index (χ0v) is 13.1. The number of hydrogen-bond acceptors (Lipinski definition) is 1. The summed E-state index contributed by atoms with van der Waals surface area (Å²) in [6.07, 6.45) is 2.17. The zero-order chi connectivity index (χ0) is 15.4. The van der Waals surface area contributed by atoms with E-state index in [1.807, 2.05) is 0 Å². The van der Waals surface area contributed by atoms with Gasteiger partial charge in [0.1, 0.15) is 0 Å². The number of nitrogens with zero attached hydrogens (tertiary/aromatic N) is 2. The Labute approximate surface area is 132 Å². The summed E-state index contributed by atoms with van der Waals surface area (Å²) in [5.41, 5.74) is 4.99. The Kier molecular flexibility index (Phi) is 4.19. The minimum absolute atomic E-state index is 0.874. The number of aromatic nitrogens is 1. The van der Waals surface area contributed by atoms with Crippen LogP contribution in [0.25, 0.3) is 11.3 Å². The Morgan fingerprint density at radius 3 is 2.09 bits per heavy atom. The van der Waals surface area contributed by atoms with Crippen LogP contribution in [0.3, 0.4) is 0 Å². The Hall–Kier alpha value is -2.61. The van der Waals surface area contributed by atoms with E-state index < -0.39 is 0 Å². The normalized spacial score (nSPS) is 10.5. The molecule has 2 aromatic carbocycles. The number of hydrogen-bond donors (Lipinski definition) is 0. The summed E-state index contributed by atoms with van der Waals surface area (Å²) in [6, 6.07) is 25.5. The Morgan fingerprint density at radius 1 is 0.818 bits per heavy atom. The van der Waals surface area contributed by atoms with E-state index in [0.717, 1.165) is 6.54 Å². The van der Waals surface area contributed by atoms with Gasteiger partial charge >= 0.3 is 0 Å². The lowest BCUT2D eigenvalue weighted by Gasteiger charge is -2.13. The minimum atomic E-state index is 0.874. The zero-order valence-electron chi connectivity index (χ0n) is 13.1. The second-order valence-corrected chi connectivity index (χ2v) is 5.64. The molecule has 0 atom stereocenters. The fourth-order valence-electron chi connectivity index (χ4n) is 2.57. The Bertz CT molecular complexity index is 734. The van der Waals surface area contributed by atoms with Gasteiger partial charge in [-0.15, -0.1) is 0 Å². The summed E-state index contributed by atoms with van der Waals surface area (Å²) in [4.78, 5) is 2.14. The van der Waals surface area contributed by atoms with Crippen LogP contribution in [0.15, 0.2) is 79.0 Å². The minimum Gasteiger partial charge on any atom is -0.377 e. The molecule has 2 heteroatoms. The van der Waals surface area contributed by atoms with Crippen molar-refractivity contribution in [2.75, 3.05) is 19.0 Å². The van der Waals surface area contributed by atoms with Gasteiger partial charge in [-0.3, -0.25) is 0 Å². The molecular weight excluding hydrogens is 268 g/mol. The highest BCUT2D eigenvalue weighted by atomic mass is 15.1. The van der Waals surface area contributed by atoms with Crippen molar-refractivity contribution in [3.05, 3.63) is 84.6 Å². The summed E-state index contributed by atoms with van der Waals surface area (Å²) in [5.74, 6) is 0. The van der Waals surface area contributed by atoms with Gasteiger partial charge in [0.15, 0.2) is 12.7 Å². The highest BCUT2D eigenvalue weighted by Crippen LogP contribution is 2.20. The van der Waals surface area contributed by atoms with Crippen molar-refractivity contribution in [1.82, 2.24) is 0 Å². The summed E-state index contributed by atoms with van der Waals surface area (Å²) >= 11 is 0. The first-order valence-corrected chi connectivity index (χ1v) is 7.54. The molecular formula is C20H21N2+. The Morgan fingerprint density at radius 2 is 1.45 bits per heavy atom. The lowest BCUT2D eigenvalue weighted by atomic mass is 10.1. The molecule has 0 aliphatic heterocycles. The number of rotatable bonds is 4. The van der Waals surface area contributed by atoms with E-state index in [4.69, 9.17) is 0 Å². The molecule has 2 nitrogen and oxygen atoms in total. The third kappa shape index (κ3) is 3.17. The molecule has 3 aromatic rings. The van der Waals surface area contributed by atoms with Crippen LogP contribution in [0.2, 0.25) is 0 Å². The van der Waals surface area contributed by atoms with Gasteiger partial charge in [0.25, 0.3) is 0 Å². The fourth-order valence-corrected chi connectivity index (χ4v) is 2.57. The molecule has 0 spiro atoms. The van der Waals surface area contributed by atoms with Crippen LogP contribution in [-0.4, -0.2) is 14.1 Å². The molecule has 0 saturated carbocycles. The fraction of sp³-hybridized carbons (Fsp3) is 0.150. The van der Waals surface area contributed by atoms with Gasteiger partial charge < -0.3 is 4.90 Å². The van der Waals surface area contributed by atoms with Crippen molar-refractivity contribution < 1.29 is 4.57 Å². The van der Waals surface area contributed by atoms with Crippen molar-refractivity contribution in [2.24, 2.45) is 0 Å². The summed E-state index contributed by atoms with van der Waals surface area (Å²) in [6.45, 7) is 0.874. The van der Waals surface area contributed by atoms with Crippen LogP contribution >= 0.6 is 0 Å². The standard InChI is InChI=1S/C20H21N2/c1-21(2)19-13-14-22(16-17-9-5-3-6-10-17)20(15-19)18-11-7-4-8-12-18/h3-15H,16H2,1-2H3/q+1. The number of anilines is 1. The van der Waals surface area contributed by atoms with E-state index >= 15 is 0 Å². The molecule has 0 amide bonds. The molecule has 0 bridgehead atoms. The van der Waals surface area contributed by atoms with Gasteiger partial charge in [-0.2, -0.15) is 4.57 Å². The van der Waals surface area contributed by atoms with E-state index in [2.05, 4.69) is 103 Å². The van der Waals surface area contributed by atoms with Crippen LogP contribution in [0.1, 0.15) is 5.56 Å². The average molecular weight is 289 g/mol. The maximum absolute atomic E-state index is 2.30. The molecule has 110 valence electrons. The van der Waals surface area contributed by atoms with Crippen molar-refractivity contribution in [3.63, 3.8) is 0 Å². The van der Waals surface area contributed by atoms with Crippen LogP contribution < -0.4 is 9.47 Å². The first kappa shape index (κ1) is 14.3. The topological polar surface area (TPSA) is 7.12 Å². The first-order chi connectivity index (χ1) is 10.7. The van der Waals surface area contributed by atoms with Gasteiger partial charge in [0.2, 0.25) is 5.69 Å². The molecule has 3 rings (SSSR count). The van der Waals surface area contributed by atoms with E-state index in [9.17, 15) is 0 Å². The quantitative estimate of drug-likeness (QED) is 0.663. The van der Waals surface area contributed by atoms with Gasteiger partial charge in [0.05, 0.1) is 0 Å². The monoisotopic (exact) mass is 289 g/mol. The number of benzene rings is 2. The van der Waals surface area contributed by atoms with Crippen LogP contribution in [-0.2, 0) is 6.54 Å². The van der Waals surface area contributed by atoms with Crippen LogP contribution in [0.5, 0.6) is 0 Å². The molecule has 0 aliphatic rings. The number of pyridine rings is 1. The van der Waals surface area contributed by atoms with Crippen LogP contribution in [0, 0.1) is 0 Å². The van der Waals surface area contributed by atoms with Crippen molar-refractivity contribution in [3.8, 4) is 11.3 Å². The van der Waals surface area contributed by atoms with Crippen LogP contribution in [0.4, 0.5) is 5.69 Å². The lowest BCUT2D eigenvalue weighted by molar-refractivity contribution is -0.677. The molecule has 0 radical (unpaired) electrons. The summed E-state index contributed by atoms with van der Waals surface area (Å²) in [5, 5.41) is 0. The summed E-state index contributed by atoms with van der Waals surface area (Å²) in [7, 11) is 4.15. The van der Waals surface area contributed by atoms with Gasteiger partial charge in [0, 0.05) is 43.0 Å². The smallest absolute Gasteiger partial charge is 0.214 e. The van der Waals surface area contributed by atoms with Gasteiger partial charge in [-0.05, 0) is 12.1 Å². The van der Waals surface area contributed by atoms with Gasteiger partial charge in [-0.1, -0.05) is 48.5 Å². The second-order valence-electron chi connectivity index (χ2n) is 5.64. The van der Waals surface area contributed by atoms with Gasteiger partial charge in [-0.25, -0.2) is 0 Å². The van der Waals surface area contributed by atoms with Crippen molar-refractivity contribution in [2.45, 2.75) is 6.54 Å². The van der Waals surface area contributed by atoms with Crippen molar-refractivity contribution >= 4 is 5.69 Å². The molecule has 0 fully saturated rings. The highest BCUT2D eigenvalue weighted by Gasteiger charge is 2.15. The maximum Gasteiger partial charge on any atom is 0.214 e. The summed E-state index contributed by atoms with van der Waals surface area (Å²) < 4.78 is 2.30. The molecule has 1 aromatic heterocycles. The molecule has 0 aliphatic carbocycles. The third-order valence-corrected chi connectivity index (χ3v) is 3.80. The largest absolute Gasteiger partial charge is 0.377 e. The first-order valence-electron chi connectivity index (χ1n) is 7.54. The predicted molar refractivity (Wildman–Crippen MR) is 91.9 cm³/mol. The third-order valence-electron chi connectivity index (χ3n) is 3.80. The molecule has 0 unspecified atom stereocenters. The lowest BCUT2D eigenvalue weighted by Crippen LogP contribution is -2.36. The molecule has 0 N–H and O–H groups in total. The van der Waals surface area contributed by atoms with E-state index in [1.54, 1.807) is 0 Å². The second kappa shape index (κ2) is 6.44. The molecule has 22 heavy (non-hydrogen) atoms.